The zero-order chi connectivity index (χ0) is 29.9. The largest absolute Gasteiger partial charge is 0.476 e. The third kappa shape index (κ3) is 7.21. The van der Waals surface area contributed by atoms with E-state index in [-0.39, 0.29) is 0 Å². The van der Waals surface area contributed by atoms with Crippen molar-refractivity contribution in [3.05, 3.63) is 96.1 Å². The van der Waals surface area contributed by atoms with Gasteiger partial charge in [0.05, 0.1) is 0 Å². The van der Waals surface area contributed by atoms with Crippen LogP contribution in [0.25, 0.3) is 12.2 Å². The van der Waals surface area contributed by atoms with Gasteiger partial charge in [-0.1, -0.05) is 58.1 Å². The Morgan fingerprint density at radius 1 is 0.550 bits per heavy atom. The molecule has 3 rings (SSSR count). The fourth-order valence-corrected chi connectivity index (χ4v) is 6.06. The number of hydrogen-bond acceptors (Lipinski definition) is 4. The van der Waals surface area contributed by atoms with Crippen molar-refractivity contribution in [1.82, 2.24) is 0 Å². The third-order valence-electron chi connectivity index (χ3n) is 7.45. The predicted octanol–water partition coefficient (Wildman–Crippen LogP) is 9.94. The van der Waals surface area contributed by atoms with E-state index < -0.39 is 30.5 Å². The van der Waals surface area contributed by atoms with Crippen LogP contribution in [0.5, 0.6) is 23.0 Å². The summed E-state index contributed by atoms with van der Waals surface area (Å²) in [5, 5.41) is 0. The molecule has 0 radical (unpaired) electrons. The van der Waals surface area contributed by atoms with Crippen LogP contribution in [0.4, 0.5) is 0 Å². The van der Waals surface area contributed by atoms with Gasteiger partial charge in [0.1, 0.15) is 23.0 Å². The molecule has 0 amide bonds. The highest BCUT2D eigenvalue weighted by atomic mass is 32.3. The Balaban J connectivity index is 1.69. The Morgan fingerprint density at radius 3 is 1.35 bits per heavy atom. The maximum Gasteiger partial charge on any atom is 0.162 e. The molecule has 0 heterocycles. The zero-order valence-corrected chi connectivity index (χ0v) is 27.4. The van der Waals surface area contributed by atoms with Gasteiger partial charge in [-0.3, -0.25) is 0 Å². The summed E-state index contributed by atoms with van der Waals surface area (Å²) in [5.41, 5.74) is 4.48. The van der Waals surface area contributed by atoms with Crippen LogP contribution < -0.4 is 17.8 Å². The quantitative estimate of drug-likeness (QED) is 0.213. The lowest BCUT2D eigenvalue weighted by atomic mass is 10.1. The molecule has 6 heteroatoms. The fourth-order valence-electron chi connectivity index (χ4n) is 3.88. The Labute approximate surface area is 245 Å². The van der Waals surface area contributed by atoms with Gasteiger partial charge in [0, 0.05) is 25.0 Å². The second kappa shape index (κ2) is 11.9. The molecule has 0 N–H and O–H groups in total. The number of ether oxygens (including phenoxy) is 2. The summed E-state index contributed by atoms with van der Waals surface area (Å²) in [5.74, 6) is 3.20. The normalized spacial score (nSPS) is 13.2. The molecule has 0 bridgehead atoms. The minimum atomic E-state index is -1.66. The summed E-state index contributed by atoms with van der Waals surface area (Å²) in [6, 6.07) is 20.0. The van der Waals surface area contributed by atoms with Crippen LogP contribution in [0, 0.1) is 13.8 Å². The molecule has 4 nitrogen and oxygen atoms in total. The fraction of sp³-hybridized carbons (Fsp3) is 0.353. The van der Waals surface area contributed by atoms with Gasteiger partial charge in [0.15, 0.2) is 9.87 Å². The molecular formula is C34H46O4S2. The summed E-state index contributed by atoms with van der Waals surface area (Å²) >= 11 is 0. The van der Waals surface area contributed by atoms with Crippen LogP contribution in [0.1, 0.15) is 49.9 Å². The predicted molar refractivity (Wildman–Crippen MR) is 179 cm³/mol. The van der Waals surface area contributed by atoms with E-state index in [9.17, 15) is 0 Å². The smallest absolute Gasteiger partial charge is 0.162 e. The summed E-state index contributed by atoms with van der Waals surface area (Å²) in [4.78, 5) is -1.07. The zero-order valence-electron chi connectivity index (χ0n) is 25.8. The van der Waals surface area contributed by atoms with Crippen molar-refractivity contribution < 1.29 is 17.8 Å². The van der Waals surface area contributed by atoms with Crippen LogP contribution >= 0.6 is 20.6 Å². The van der Waals surface area contributed by atoms with Gasteiger partial charge in [-0.05, 0) is 112 Å². The maximum atomic E-state index is 6.54. The Hall–Kier alpha value is -2.96. The van der Waals surface area contributed by atoms with E-state index in [4.69, 9.17) is 17.8 Å². The number of hydrogen-bond donors (Lipinski definition) is 0. The highest BCUT2D eigenvalue weighted by Gasteiger charge is 2.39. The van der Waals surface area contributed by atoms with E-state index in [1.54, 1.807) is 0 Å². The minimum absolute atomic E-state index is 0.529. The van der Waals surface area contributed by atoms with Crippen molar-refractivity contribution in [2.75, 3.05) is 25.0 Å². The van der Waals surface area contributed by atoms with E-state index in [1.807, 2.05) is 66.7 Å². The molecule has 218 valence electrons. The highest BCUT2D eigenvalue weighted by Crippen LogP contribution is 2.56. The lowest BCUT2D eigenvalue weighted by Gasteiger charge is -2.46. The average molecular weight is 583 g/mol. The van der Waals surface area contributed by atoms with Crippen LogP contribution in [0.15, 0.2) is 73.8 Å². The van der Waals surface area contributed by atoms with E-state index in [1.165, 1.54) is 0 Å². The molecule has 0 spiro atoms. The van der Waals surface area contributed by atoms with Crippen molar-refractivity contribution >= 4 is 32.8 Å². The van der Waals surface area contributed by atoms with Gasteiger partial charge in [-0.2, -0.15) is 0 Å². The molecule has 0 fully saturated rings. The maximum absolute atomic E-state index is 6.54. The van der Waals surface area contributed by atoms with Gasteiger partial charge >= 0.3 is 0 Å². The number of rotatable bonds is 12. The van der Waals surface area contributed by atoms with E-state index >= 15 is 0 Å². The van der Waals surface area contributed by atoms with Crippen molar-refractivity contribution in [3.63, 3.8) is 0 Å². The first-order valence-corrected chi connectivity index (χ1v) is 18.0. The topological polar surface area (TPSA) is 36.9 Å². The second-order valence-electron chi connectivity index (χ2n) is 11.6. The molecule has 0 aliphatic heterocycles. The van der Waals surface area contributed by atoms with E-state index in [2.05, 4.69) is 85.8 Å². The monoisotopic (exact) mass is 582 g/mol. The third-order valence-corrected chi connectivity index (χ3v) is 13.6. The molecule has 40 heavy (non-hydrogen) atoms. The summed E-state index contributed by atoms with van der Waals surface area (Å²) < 4.78 is 26.0. The summed E-state index contributed by atoms with van der Waals surface area (Å²) in [6.45, 7) is 20.2. The van der Waals surface area contributed by atoms with Crippen molar-refractivity contribution in [1.29, 1.82) is 0 Å². The molecule has 3 aromatic carbocycles. The minimum Gasteiger partial charge on any atom is -0.476 e. The average Bonchev–Trinajstić information content (AvgIpc) is 2.84. The Morgan fingerprint density at radius 2 is 0.900 bits per heavy atom. The summed E-state index contributed by atoms with van der Waals surface area (Å²) in [7, 11) is -3.30. The first-order chi connectivity index (χ1) is 18.5. The molecule has 0 saturated heterocycles. The van der Waals surface area contributed by atoms with Crippen LogP contribution in [0.2, 0.25) is 0 Å². The lowest BCUT2D eigenvalue weighted by molar-refractivity contribution is 0.193. The van der Waals surface area contributed by atoms with Crippen LogP contribution in [-0.4, -0.2) is 34.9 Å². The van der Waals surface area contributed by atoms with Gasteiger partial charge < -0.3 is 17.8 Å². The van der Waals surface area contributed by atoms with Gasteiger partial charge in [0.25, 0.3) is 0 Å². The molecule has 0 unspecified atom stereocenters. The van der Waals surface area contributed by atoms with Crippen molar-refractivity contribution in [3.8, 4) is 23.0 Å². The molecule has 0 saturated carbocycles. The van der Waals surface area contributed by atoms with Crippen LogP contribution in [-0.2, 0) is 0 Å². The molecule has 0 aromatic heterocycles. The number of benzene rings is 3. The molecule has 0 aliphatic carbocycles. The Bertz CT molecular complexity index is 1250. The SMILES string of the molecule is C=Cc1ccc(OC(C)(C)S(C)(C)Oc2ccc(OC(C)(C)S(C)(C)Oc3ccc(C=C)c(C)c3)cc2)cc1C. The first kappa shape index (κ1) is 31.6. The van der Waals surface area contributed by atoms with Gasteiger partial charge in [0.2, 0.25) is 0 Å². The second-order valence-corrected chi connectivity index (χ2v) is 18.8. The molecular weight excluding hydrogens is 537 g/mol. The van der Waals surface area contributed by atoms with E-state index in [0.717, 1.165) is 45.3 Å². The van der Waals surface area contributed by atoms with E-state index in [0.29, 0.717) is 0 Å². The van der Waals surface area contributed by atoms with Gasteiger partial charge in [-0.25, -0.2) is 0 Å². The first-order valence-electron chi connectivity index (χ1n) is 13.3. The molecule has 3 aromatic rings. The molecule has 0 atom stereocenters. The van der Waals surface area contributed by atoms with Crippen LogP contribution in [0.3, 0.4) is 0 Å². The standard InChI is InChI=1S/C34H46O4S2/c1-13-27-15-17-31(23-25(27)3)36-34(7,8)39(9,10)37-30-21-19-29(20-22-30)35-33(5,6)40(11,12)38-32-18-16-28(14-2)26(4)24-32/h13-24H,1-2H2,3-12H3. The molecule has 0 aliphatic rings. The Kier molecular flexibility index (Phi) is 9.37. The number of aryl methyl sites for hydroxylation is 2. The summed E-state index contributed by atoms with van der Waals surface area (Å²) in [6.07, 6.45) is 12.2. The van der Waals surface area contributed by atoms with Crippen molar-refractivity contribution in [2.24, 2.45) is 0 Å². The van der Waals surface area contributed by atoms with Crippen molar-refractivity contribution in [2.45, 2.75) is 51.4 Å². The lowest BCUT2D eigenvalue weighted by Crippen LogP contribution is -2.37. The highest BCUT2D eigenvalue weighted by molar-refractivity contribution is 8.30. The van der Waals surface area contributed by atoms with Gasteiger partial charge in [-0.15, -0.1) is 0 Å².